The molecule has 0 bridgehead atoms. The molecule has 0 aromatic carbocycles. The van der Waals surface area contributed by atoms with Crippen LogP contribution in [0.5, 0.6) is 0 Å². The molecule has 0 atom stereocenters. The van der Waals surface area contributed by atoms with Crippen molar-refractivity contribution in [3.05, 3.63) is 41.0 Å². The van der Waals surface area contributed by atoms with E-state index in [4.69, 9.17) is 5.10 Å². The average molecular weight is 380 g/mol. The van der Waals surface area contributed by atoms with E-state index in [1.165, 1.54) is 12.8 Å². The maximum atomic E-state index is 12.7. The van der Waals surface area contributed by atoms with Gasteiger partial charge in [0.1, 0.15) is 0 Å². The second kappa shape index (κ2) is 7.73. The van der Waals surface area contributed by atoms with Crippen LogP contribution < -0.4 is 0 Å². The molecule has 0 radical (unpaired) electrons. The first-order valence-corrected chi connectivity index (χ1v) is 10.2. The number of imidazole rings is 1. The van der Waals surface area contributed by atoms with Gasteiger partial charge in [0.05, 0.1) is 17.6 Å². The highest BCUT2D eigenvalue weighted by Crippen LogP contribution is 2.20. The molecule has 1 saturated heterocycles. The second-order valence-electron chi connectivity index (χ2n) is 7.72. The van der Waals surface area contributed by atoms with Gasteiger partial charge in [0, 0.05) is 25.2 Å². The van der Waals surface area contributed by atoms with E-state index < -0.39 is 0 Å². The maximum absolute atomic E-state index is 12.7. The lowest BCUT2D eigenvalue weighted by Gasteiger charge is -2.20. The Morgan fingerprint density at radius 1 is 1.04 bits per heavy atom. The Labute approximate surface area is 165 Å². The molecule has 0 saturated carbocycles. The zero-order valence-electron chi connectivity index (χ0n) is 17.0. The monoisotopic (exact) mass is 380 g/mol. The summed E-state index contributed by atoms with van der Waals surface area (Å²) in [5, 5.41) is 9.38. The van der Waals surface area contributed by atoms with Crippen LogP contribution in [-0.2, 0) is 11.2 Å². The normalized spacial score (nSPS) is 15.2. The molecular formula is C21H28N6O. The van der Waals surface area contributed by atoms with Gasteiger partial charge in [0.15, 0.2) is 11.5 Å². The SMILES string of the molecule is Cc1nn(-c2ccc3ncc(C)n3n2)c(C)c1CCC(=O)N1CCCCCC1. The molecule has 7 nitrogen and oxygen atoms in total. The number of likely N-dealkylation sites (tertiary alicyclic amines) is 1. The molecular weight excluding hydrogens is 352 g/mol. The Hall–Kier alpha value is -2.70. The van der Waals surface area contributed by atoms with Crippen molar-refractivity contribution in [1.29, 1.82) is 0 Å². The van der Waals surface area contributed by atoms with Crippen LogP contribution in [0.3, 0.4) is 0 Å². The fraction of sp³-hybridized carbons (Fsp3) is 0.524. The third-order valence-corrected chi connectivity index (χ3v) is 5.72. The summed E-state index contributed by atoms with van der Waals surface area (Å²) in [7, 11) is 0. The topological polar surface area (TPSA) is 68.3 Å². The van der Waals surface area contributed by atoms with Gasteiger partial charge in [0.2, 0.25) is 5.91 Å². The molecule has 4 rings (SSSR count). The minimum absolute atomic E-state index is 0.266. The number of aryl methyl sites for hydroxylation is 2. The first-order valence-electron chi connectivity index (χ1n) is 10.2. The number of fused-ring (bicyclic) bond motifs is 1. The third-order valence-electron chi connectivity index (χ3n) is 5.72. The molecule has 0 N–H and O–H groups in total. The lowest BCUT2D eigenvalue weighted by molar-refractivity contribution is -0.131. The largest absolute Gasteiger partial charge is 0.343 e. The number of nitrogens with zero attached hydrogens (tertiary/aromatic N) is 6. The highest BCUT2D eigenvalue weighted by Gasteiger charge is 2.19. The van der Waals surface area contributed by atoms with E-state index in [2.05, 4.69) is 17.0 Å². The molecule has 1 aliphatic rings. The molecule has 4 heterocycles. The van der Waals surface area contributed by atoms with Crippen LogP contribution >= 0.6 is 0 Å². The van der Waals surface area contributed by atoms with E-state index in [1.807, 2.05) is 46.3 Å². The highest BCUT2D eigenvalue weighted by molar-refractivity contribution is 5.76. The number of hydrogen-bond donors (Lipinski definition) is 0. The fourth-order valence-electron chi connectivity index (χ4n) is 4.06. The molecule has 0 unspecified atom stereocenters. The molecule has 1 aliphatic heterocycles. The van der Waals surface area contributed by atoms with Crippen LogP contribution in [-0.4, -0.2) is 48.3 Å². The lowest BCUT2D eigenvalue weighted by Crippen LogP contribution is -2.32. The Bertz CT molecular complexity index is 994. The molecule has 3 aromatic heterocycles. The summed E-state index contributed by atoms with van der Waals surface area (Å²) in [4.78, 5) is 19.0. The van der Waals surface area contributed by atoms with E-state index in [9.17, 15) is 4.79 Å². The summed E-state index contributed by atoms with van der Waals surface area (Å²) in [6, 6.07) is 3.89. The maximum Gasteiger partial charge on any atom is 0.222 e. The molecule has 28 heavy (non-hydrogen) atoms. The van der Waals surface area contributed by atoms with Gasteiger partial charge >= 0.3 is 0 Å². The van der Waals surface area contributed by atoms with Crippen LogP contribution in [0.1, 0.15) is 54.7 Å². The minimum Gasteiger partial charge on any atom is -0.343 e. The Kier molecular flexibility index (Phi) is 5.15. The Balaban J connectivity index is 1.53. The number of amides is 1. The van der Waals surface area contributed by atoms with Gasteiger partial charge in [-0.3, -0.25) is 4.79 Å². The summed E-state index contributed by atoms with van der Waals surface area (Å²) >= 11 is 0. The number of aromatic nitrogens is 5. The predicted octanol–water partition coefficient (Wildman–Crippen LogP) is 3.18. The van der Waals surface area contributed by atoms with E-state index in [-0.39, 0.29) is 5.91 Å². The van der Waals surface area contributed by atoms with Crippen LogP contribution in [0.2, 0.25) is 0 Å². The standard InChI is InChI=1S/C21H28N6O/c1-15-14-22-19-9-10-20(24-26(15)19)27-17(3)18(16(2)23-27)8-11-21(28)25-12-6-4-5-7-13-25/h9-10,14H,4-8,11-13H2,1-3H3. The molecule has 0 spiro atoms. The van der Waals surface area contributed by atoms with Crippen molar-refractivity contribution in [2.45, 2.75) is 59.3 Å². The van der Waals surface area contributed by atoms with Crippen LogP contribution in [0.15, 0.2) is 18.3 Å². The zero-order valence-corrected chi connectivity index (χ0v) is 17.0. The number of rotatable bonds is 4. The van der Waals surface area contributed by atoms with Gasteiger partial charge in [-0.1, -0.05) is 12.8 Å². The highest BCUT2D eigenvalue weighted by atomic mass is 16.2. The summed E-state index contributed by atoms with van der Waals surface area (Å²) in [5.74, 6) is 1.03. The number of carbonyl (C=O) groups is 1. The van der Waals surface area contributed by atoms with E-state index >= 15 is 0 Å². The molecule has 1 amide bonds. The quantitative estimate of drug-likeness (QED) is 0.697. The van der Waals surface area contributed by atoms with Gasteiger partial charge in [-0.05, 0) is 57.7 Å². The summed E-state index contributed by atoms with van der Waals surface area (Å²) in [5.41, 5.74) is 4.97. The van der Waals surface area contributed by atoms with Crippen LogP contribution in [0, 0.1) is 20.8 Å². The van der Waals surface area contributed by atoms with Crippen molar-refractivity contribution in [1.82, 2.24) is 29.3 Å². The minimum atomic E-state index is 0.266. The van der Waals surface area contributed by atoms with Crippen LogP contribution in [0.4, 0.5) is 0 Å². The van der Waals surface area contributed by atoms with Crippen molar-refractivity contribution >= 4 is 11.6 Å². The van der Waals surface area contributed by atoms with Crippen molar-refractivity contribution in [3.8, 4) is 5.82 Å². The average Bonchev–Trinajstić information content (AvgIpc) is 3.05. The molecule has 7 heteroatoms. The fourth-order valence-corrected chi connectivity index (χ4v) is 4.06. The van der Waals surface area contributed by atoms with Gasteiger partial charge in [-0.15, -0.1) is 5.10 Å². The Morgan fingerprint density at radius 2 is 1.79 bits per heavy atom. The predicted molar refractivity (Wildman–Crippen MR) is 108 cm³/mol. The van der Waals surface area contributed by atoms with Crippen LogP contribution in [0.25, 0.3) is 11.5 Å². The van der Waals surface area contributed by atoms with Gasteiger partial charge in [-0.2, -0.15) is 5.10 Å². The second-order valence-corrected chi connectivity index (χ2v) is 7.72. The Morgan fingerprint density at radius 3 is 2.54 bits per heavy atom. The molecule has 3 aromatic rings. The van der Waals surface area contributed by atoms with Crippen molar-refractivity contribution in [3.63, 3.8) is 0 Å². The summed E-state index contributed by atoms with van der Waals surface area (Å²) in [6.07, 6.45) is 7.81. The van der Waals surface area contributed by atoms with E-state index in [1.54, 1.807) is 0 Å². The first-order chi connectivity index (χ1) is 13.5. The van der Waals surface area contributed by atoms with Gasteiger partial charge in [0.25, 0.3) is 0 Å². The summed E-state index contributed by atoms with van der Waals surface area (Å²) in [6.45, 7) is 7.86. The lowest BCUT2D eigenvalue weighted by atomic mass is 10.1. The van der Waals surface area contributed by atoms with Crippen molar-refractivity contribution in [2.24, 2.45) is 0 Å². The molecule has 0 aliphatic carbocycles. The summed E-state index contributed by atoms with van der Waals surface area (Å²) < 4.78 is 3.70. The van der Waals surface area contributed by atoms with Gasteiger partial charge in [-0.25, -0.2) is 14.2 Å². The number of carbonyl (C=O) groups excluding carboxylic acids is 1. The van der Waals surface area contributed by atoms with Gasteiger partial charge < -0.3 is 4.90 Å². The third kappa shape index (κ3) is 3.53. The first kappa shape index (κ1) is 18.7. The van der Waals surface area contributed by atoms with Crippen molar-refractivity contribution in [2.75, 3.05) is 13.1 Å². The van der Waals surface area contributed by atoms with E-state index in [0.29, 0.717) is 6.42 Å². The molecule has 148 valence electrons. The smallest absolute Gasteiger partial charge is 0.222 e. The zero-order chi connectivity index (χ0) is 19.7. The number of hydrogen-bond acceptors (Lipinski definition) is 4. The van der Waals surface area contributed by atoms with E-state index in [0.717, 1.165) is 66.5 Å². The molecule has 1 fully saturated rings. The van der Waals surface area contributed by atoms with Crippen molar-refractivity contribution < 1.29 is 4.79 Å².